The molecule has 0 aliphatic carbocycles. The third-order valence-electron chi connectivity index (χ3n) is 3.94. The summed E-state index contributed by atoms with van der Waals surface area (Å²) in [5.74, 6) is -0.0310. The topological polar surface area (TPSA) is 86.9 Å². The molecular weight excluding hydrogens is 316 g/mol. The molecule has 0 unspecified atom stereocenters. The highest BCUT2D eigenvalue weighted by atomic mass is 16.2. The number of imidazole rings is 1. The second-order valence-electron chi connectivity index (χ2n) is 5.97. The van der Waals surface area contributed by atoms with Crippen LogP contribution in [-0.4, -0.2) is 21.8 Å². The minimum absolute atomic E-state index is 0.237. The molecule has 0 aliphatic rings. The van der Waals surface area contributed by atoms with Crippen LogP contribution in [-0.2, 0) is 9.59 Å². The van der Waals surface area contributed by atoms with Crippen LogP contribution in [0.4, 0.5) is 5.69 Å². The molecule has 3 rings (SSSR count). The van der Waals surface area contributed by atoms with Gasteiger partial charge in [-0.25, -0.2) is 4.98 Å². The molecule has 0 fully saturated rings. The third-order valence-corrected chi connectivity index (χ3v) is 3.94. The van der Waals surface area contributed by atoms with Crippen LogP contribution >= 0.6 is 0 Å². The normalized spacial score (nSPS) is 11.9. The van der Waals surface area contributed by atoms with E-state index in [-0.39, 0.29) is 24.3 Å². The summed E-state index contributed by atoms with van der Waals surface area (Å²) in [7, 11) is 0. The molecule has 0 bridgehead atoms. The molecule has 6 heteroatoms. The molecule has 1 heterocycles. The number of aromatic nitrogens is 2. The largest absolute Gasteiger partial charge is 0.346 e. The molecule has 25 heavy (non-hydrogen) atoms. The van der Waals surface area contributed by atoms with E-state index in [1.54, 1.807) is 0 Å². The van der Waals surface area contributed by atoms with Crippen LogP contribution in [0.5, 0.6) is 0 Å². The van der Waals surface area contributed by atoms with Crippen molar-refractivity contribution in [3.63, 3.8) is 0 Å². The Hall–Kier alpha value is -3.15. The minimum Gasteiger partial charge on any atom is -0.346 e. The molecular formula is C19H20N4O2. The van der Waals surface area contributed by atoms with Gasteiger partial charge in [-0.2, -0.15) is 0 Å². The third kappa shape index (κ3) is 4.03. The van der Waals surface area contributed by atoms with Crippen LogP contribution in [0.25, 0.3) is 11.0 Å². The predicted octanol–water partition coefficient (Wildman–Crippen LogP) is 3.08. The molecule has 6 nitrogen and oxygen atoms in total. The summed E-state index contributed by atoms with van der Waals surface area (Å²) in [6.07, 6.45) is -0.237. The Morgan fingerprint density at radius 2 is 1.80 bits per heavy atom. The van der Waals surface area contributed by atoms with Gasteiger partial charge in [0.1, 0.15) is 12.2 Å². The number of hydrogen-bond donors (Lipinski definition) is 3. The van der Waals surface area contributed by atoms with Gasteiger partial charge < -0.3 is 15.6 Å². The van der Waals surface area contributed by atoms with E-state index in [0.29, 0.717) is 11.5 Å². The van der Waals surface area contributed by atoms with Crippen molar-refractivity contribution in [1.29, 1.82) is 0 Å². The van der Waals surface area contributed by atoms with Crippen LogP contribution in [0.1, 0.15) is 30.8 Å². The molecule has 1 atom stereocenters. The number of anilines is 1. The Bertz CT molecular complexity index is 883. The number of para-hydroxylation sites is 3. The van der Waals surface area contributed by atoms with Gasteiger partial charge in [0.15, 0.2) is 0 Å². The summed E-state index contributed by atoms with van der Waals surface area (Å²) >= 11 is 0. The van der Waals surface area contributed by atoms with Crippen molar-refractivity contribution in [1.82, 2.24) is 15.3 Å². The molecule has 0 aliphatic heterocycles. The lowest BCUT2D eigenvalue weighted by Crippen LogP contribution is -2.30. The van der Waals surface area contributed by atoms with Crippen molar-refractivity contribution < 1.29 is 9.59 Å². The van der Waals surface area contributed by atoms with Crippen molar-refractivity contribution in [2.24, 2.45) is 0 Å². The van der Waals surface area contributed by atoms with E-state index in [1.165, 1.54) is 0 Å². The average Bonchev–Trinajstić information content (AvgIpc) is 3.01. The van der Waals surface area contributed by atoms with Gasteiger partial charge in [0, 0.05) is 5.69 Å². The first-order chi connectivity index (χ1) is 12.0. The van der Waals surface area contributed by atoms with Crippen LogP contribution in [0.15, 0.2) is 48.5 Å². The highest BCUT2D eigenvalue weighted by Gasteiger charge is 2.16. The summed E-state index contributed by atoms with van der Waals surface area (Å²) in [5, 5.41) is 5.55. The van der Waals surface area contributed by atoms with Crippen LogP contribution in [0.3, 0.4) is 0 Å². The van der Waals surface area contributed by atoms with Crippen molar-refractivity contribution >= 4 is 28.5 Å². The van der Waals surface area contributed by atoms with E-state index in [1.807, 2.05) is 62.4 Å². The number of amides is 2. The van der Waals surface area contributed by atoms with E-state index in [4.69, 9.17) is 0 Å². The zero-order valence-electron chi connectivity index (χ0n) is 14.2. The van der Waals surface area contributed by atoms with Crippen molar-refractivity contribution in [2.75, 3.05) is 5.32 Å². The number of nitrogens with one attached hydrogen (secondary N) is 3. The lowest BCUT2D eigenvalue weighted by atomic mass is 10.2. The molecule has 1 aromatic heterocycles. The standard InChI is InChI=1S/C19H20N4O2/c1-12-7-3-4-8-14(12)21-18(25)11-17(24)20-13(2)19-22-15-9-5-6-10-16(15)23-19/h3-10,13H,11H2,1-2H3,(H,20,24)(H,21,25)(H,22,23)/t13-/m1/s1. The first-order valence-electron chi connectivity index (χ1n) is 8.12. The molecule has 3 aromatic rings. The number of aryl methyl sites for hydroxylation is 1. The lowest BCUT2D eigenvalue weighted by Gasteiger charge is -2.12. The Labute approximate surface area is 145 Å². The Morgan fingerprint density at radius 1 is 1.08 bits per heavy atom. The molecule has 2 aromatic carbocycles. The van der Waals surface area contributed by atoms with Crippen LogP contribution in [0.2, 0.25) is 0 Å². The summed E-state index contributed by atoms with van der Waals surface area (Å²) in [6, 6.07) is 14.8. The maximum Gasteiger partial charge on any atom is 0.233 e. The average molecular weight is 336 g/mol. The number of carbonyl (C=O) groups excluding carboxylic acids is 2. The maximum atomic E-state index is 12.1. The number of hydrogen-bond acceptors (Lipinski definition) is 3. The van der Waals surface area contributed by atoms with Crippen LogP contribution < -0.4 is 10.6 Å². The second-order valence-corrected chi connectivity index (χ2v) is 5.97. The fraction of sp³-hybridized carbons (Fsp3) is 0.211. The van der Waals surface area contributed by atoms with Gasteiger partial charge in [0.05, 0.1) is 17.1 Å². The molecule has 0 radical (unpaired) electrons. The van der Waals surface area contributed by atoms with E-state index < -0.39 is 0 Å². The van der Waals surface area contributed by atoms with Crippen LogP contribution in [0, 0.1) is 6.92 Å². The first kappa shape index (κ1) is 16.7. The number of rotatable bonds is 5. The number of nitrogens with zero attached hydrogens (tertiary/aromatic N) is 1. The summed E-state index contributed by atoms with van der Waals surface area (Å²) in [4.78, 5) is 31.8. The summed E-state index contributed by atoms with van der Waals surface area (Å²) in [6.45, 7) is 3.73. The maximum absolute atomic E-state index is 12.1. The Balaban J connectivity index is 1.58. The highest BCUT2D eigenvalue weighted by Crippen LogP contribution is 2.16. The molecule has 0 saturated heterocycles. The summed E-state index contributed by atoms with van der Waals surface area (Å²) < 4.78 is 0. The number of H-pyrrole nitrogens is 1. The fourth-order valence-electron chi connectivity index (χ4n) is 2.59. The molecule has 0 spiro atoms. The lowest BCUT2D eigenvalue weighted by molar-refractivity contribution is -0.127. The second kappa shape index (κ2) is 7.17. The predicted molar refractivity (Wildman–Crippen MR) is 97.1 cm³/mol. The van der Waals surface area contributed by atoms with Gasteiger partial charge in [-0.1, -0.05) is 30.3 Å². The van der Waals surface area contributed by atoms with E-state index in [0.717, 1.165) is 16.6 Å². The number of fused-ring (bicyclic) bond motifs is 1. The molecule has 0 saturated carbocycles. The van der Waals surface area contributed by atoms with E-state index >= 15 is 0 Å². The minimum atomic E-state index is -0.348. The van der Waals surface area contributed by atoms with Gasteiger partial charge in [0.2, 0.25) is 11.8 Å². The zero-order valence-corrected chi connectivity index (χ0v) is 14.2. The van der Waals surface area contributed by atoms with Gasteiger partial charge >= 0.3 is 0 Å². The van der Waals surface area contributed by atoms with Crippen molar-refractivity contribution in [2.45, 2.75) is 26.3 Å². The van der Waals surface area contributed by atoms with Gasteiger partial charge in [-0.3, -0.25) is 9.59 Å². The Kier molecular flexibility index (Phi) is 4.79. The molecule has 2 amide bonds. The van der Waals surface area contributed by atoms with Gasteiger partial charge in [0.25, 0.3) is 0 Å². The number of aromatic amines is 1. The number of carbonyl (C=O) groups is 2. The number of benzene rings is 2. The fourth-order valence-corrected chi connectivity index (χ4v) is 2.59. The monoisotopic (exact) mass is 336 g/mol. The van der Waals surface area contributed by atoms with Crippen molar-refractivity contribution in [3.05, 3.63) is 59.9 Å². The summed E-state index contributed by atoms with van der Waals surface area (Å²) in [5.41, 5.74) is 3.42. The van der Waals surface area contributed by atoms with E-state index in [2.05, 4.69) is 20.6 Å². The van der Waals surface area contributed by atoms with E-state index in [9.17, 15) is 9.59 Å². The quantitative estimate of drug-likeness (QED) is 0.626. The molecule has 128 valence electrons. The molecule has 3 N–H and O–H groups in total. The SMILES string of the molecule is Cc1ccccc1NC(=O)CC(=O)N[C@H](C)c1nc2ccccc2[nH]1. The van der Waals surface area contributed by atoms with Crippen molar-refractivity contribution in [3.8, 4) is 0 Å². The first-order valence-corrected chi connectivity index (χ1v) is 8.12. The Morgan fingerprint density at radius 3 is 2.56 bits per heavy atom. The smallest absolute Gasteiger partial charge is 0.233 e. The van der Waals surface area contributed by atoms with Gasteiger partial charge in [-0.15, -0.1) is 0 Å². The highest BCUT2D eigenvalue weighted by molar-refractivity contribution is 6.03. The zero-order chi connectivity index (χ0) is 17.8. The van der Waals surface area contributed by atoms with Gasteiger partial charge in [-0.05, 0) is 37.6 Å².